The van der Waals surface area contributed by atoms with Crippen molar-refractivity contribution >= 4 is 43.3 Å². The molecule has 170 valence electrons. The van der Waals surface area contributed by atoms with Crippen LogP contribution in [0.25, 0.3) is 21.8 Å². The molecule has 0 radical (unpaired) electrons. The van der Waals surface area contributed by atoms with Crippen molar-refractivity contribution in [2.45, 2.75) is 31.2 Å². The number of hydrogen-bond acceptors (Lipinski definition) is 5. The van der Waals surface area contributed by atoms with Gasteiger partial charge in [0, 0.05) is 16.8 Å². The number of fused-ring (bicyclic) bond motifs is 10. The molecule has 3 aliphatic rings. The zero-order valence-electron chi connectivity index (χ0n) is 17.9. The Bertz CT molecular complexity index is 1560. The minimum absolute atomic E-state index is 0.0523. The molecule has 2 bridgehead atoms. The van der Waals surface area contributed by atoms with Crippen LogP contribution in [0.1, 0.15) is 42.3 Å². The summed E-state index contributed by atoms with van der Waals surface area (Å²) in [5, 5.41) is 15.6. The lowest BCUT2D eigenvalue weighted by Crippen LogP contribution is -2.46. The van der Waals surface area contributed by atoms with Gasteiger partial charge in [0.05, 0.1) is 35.2 Å². The van der Waals surface area contributed by atoms with E-state index in [4.69, 9.17) is 5.73 Å². The molecule has 2 fully saturated rings. The first-order valence-electron chi connectivity index (χ1n) is 11.2. The van der Waals surface area contributed by atoms with E-state index in [-0.39, 0.29) is 17.5 Å². The third-order valence-electron chi connectivity index (χ3n) is 8.18. The van der Waals surface area contributed by atoms with Gasteiger partial charge in [-0.05, 0) is 66.2 Å². The predicted molar refractivity (Wildman–Crippen MR) is 124 cm³/mol. The second-order valence-corrected chi connectivity index (χ2v) is 11.7. The number of anilines is 2. The summed E-state index contributed by atoms with van der Waals surface area (Å²) < 4.78 is 43.7. The minimum atomic E-state index is -3.81. The van der Waals surface area contributed by atoms with Crippen LogP contribution in [0.5, 0.6) is 0 Å². The van der Waals surface area contributed by atoms with Gasteiger partial charge in [0.2, 0.25) is 10.0 Å². The molecule has 1 aliphatic heterocycles. The van der Waals surface area contributed by atoms with Crippen LogP contribution in [0.3, 0.4) is 0 Å². The summed E-state index contributed by atoms with van der Waals surface area (Å²) >= 11 is 0. The summed E-state index contributed by atoms with van der Waals surface area (Å²) in [6, 6.07) is 6.57. The molecule has 0 saturated heterocycles. The number of halogens is 1. The summed E-state index contributed by atoms with van der Waals surface area (Å²) in [5.74, 6) is 0.744. The molecule has 4 aromatic rings. The number of aromatic nitrogens is 4. The highest BCUT2D eigenvalue weighted by molar-refractivity contribution is 7.92. The highest BCUT2D eigenvalue weighted by atomic mass is 32.2. The largest absolute Gasteiger partial charge is 0.382 e. The molecule has 8 nitrogen and oxygen atoms in total. The van der Waals surface area contributed by atoms with Gasteiger partial charge in [0.1, 0.15) is 5.82 Å². The van der Waals surface area contributed by atoms with Crippen molar-refractivity contribution in [3.8, 4) is 0 Å². The maximum Gasteiger partial charge on any atom is 0.232 e. The normalized spacial score (nSPS) is 28.5. The Morgan fingerprint density at radius 2 is 1.94 bits per heavy atom. The van der Waals surface area contributed by atoms with Crippen molar-refractivity contribution in [1.29, 1.82) is 0 Å². The average molecular weight is 467 g/mol. The van der Waals surface area contributed by atoms with E-state index in [0.717, 1.165) is 46.7 Å². The Hall–Kier alpha value is -3.14. The molecular formula is C23H23FN6O2S. The Balaban J connectivity index is 1.57. The molecule has 2 aromatic heterocycles. The molecule has 2 aromatic carbocycles. The quantitative estimate of drug-likeness (QED) is 0.415. The number of nitrogens with one attached hydrogen (secondary N) is 2. The highest BCUT2D eigenvalue weighted by Gasteiger charge is 2.58. The fraction of sp³-hybridized carbons (Fsp3) is 0.391. The predicted octanol–water partition coefficient (Wildman–Crippen LogP) is 3.81. The first-order chi connectivity index (χ1) is 15.8. The number of H-pyrrole nitrogens is 2. The molecule has 4 N–H and O–H groups in total. The van der Waals surface area contributed by atoms with E-state index in [9.17, 15) is 8.42 Å². The van der Waals surface area contributed by atoms with Crippen LogP contribution in [0.2, 0.25) is 0 Å². The van der Waals surface area contributed by atoms with Gasteiger partial charge in [-0.15, -0.1) is 0 Å². The average Bonchev–Trinajstić information content (AvgIpc) is 3.56. The smallest absolute Gasteiger partial charge is 0.232 e. The van der Waals surface area contributed by atoms with Gasteiger partial charge in [-0.2, -0.15) is 10.2 Å². The van der Waals surface area contributed by atoms with Crippen molar-refractivity contribution in [3.63, 3.8) is 0 Å². The topological polar surface area (TPSA) is 121 Å². The Morgan fingerprint density at radius 1 is 1.12 bits per heavy atom. The summed E-state index contributed by atoms with van der Waals surface area (Å²) in [6.07, 6.45) is 6.06. The summed E-state index contributed by atoms with van der Waals surface area (Å²) in [6.45, 7) is 0. The molecule has 33 heavy (non-hydrogen) atoms. The standard InChI is InChI=1S/C23H23FN6O2S/c1-33(31,32)30-21(12-4-5-16-13(7-12)23(25)29-28-16)19-11-3-2-10(6-11)18(19)20-14-9-26-27-17(14)8-15(24)22(20)30/h4-5,7-11,18-19,21H,2-3,6H2,1H3,(H,26,27)(H3,25,28,29)/t10?,11?,18-,19+,21-/m0/s1. The third-order valence-corrected chi connectivity index (χ3v) is 9.30. The number of hydrogen-bond donors (Lipinski definition) is 3. The van der Waals surface area contributed by atoms with Crippen molar-refractivity contribution in [2.75, 3.05) is 16.3 Å². The first-order valence-corrected chi connectivity index (χ1v) is 13.1. The Morgan fingerprint density at radius 3 is 2.76 bits per heavy atom. The van der Waals surface area contributed by atoms with Crippen molar-refractivity contribution in [1.82, 2.24) is 20.4 Å². The zero-order valence-corrected chi connectivity index (χ0v) is 18.7. The summed E-state index contributed by atoms with van der Waals surface area (Å²) in [5.41, 5.74) is 9.24. The summed E-state index contributed by atoms with van der Waals surface area (Å²) in [7, 11) is -3.81. The molecule has 7 rings (SSSR count). The molecule has 2 saturated carbocycles. The molecule has 2 unspecified atom stereocenters. The fourth-order valence-electron chi connectivity index (χ4n) is 7.11. The fourth-order valence-corrected chi connectivity index (χ4v) is 8.30. The van der Waals surface area contributed by atoms with Gasteiger partial charge in [0.15, 0.2) is 5.82 Å². The maximum absolute atomic E-state index is 15.7. The highest BCUT2D eigenvalue weighted by Crippen LogP contribution is 2.66. The molecule has 5 atom stereocenters. The van der Waals surface area contributed by atoms with E-state index in [1.165, 1.54) is 16.6 Å². The van der Waals surface area contributed by atoms with E-state index < -0.39 is 21.9 Å². The monoisotopic (exact) mass is 466 g/mol. The Kier molecular flexibility index (Phi) is 3.66. The van der Waals surface area contributed by atoms with Gasteiger partial charge >= 0.3 is 0 Å². The number of rotatable bonds is 2. The first kappa shape index (κ1) is 19.3. The van der Waals surface area contributed by atoms with Crippen molar-refractivity contribution in [3.05, 3.63) is 47.4 Å². The van der Waals surface area contributed by atoms with Crippen LogP contribution in [-0.2, 0) is 10.0 Å². The second kappa shape index (κ2) is 6.25. The van der Waals surface area contributed by atoms with Gasteiger partial charge in [0.25, 0.3) is 0 Å². The van der Waals surface area contributed by atoms with Crippen LogP contribution in [-0.4, -0.2) is 35.1 Å². The summed E-state index contributed by atoms with van der Waals surface area (Å²) in [4.78, 5) is 0. The molecule has 0 spiro atoms. The molecule has 2 aliphatic carbocycles. The van der Waals surface area contributed by atoms with E-state index in [1.807, 2.05) is 18.2 Å². The molecular weight excluding hydrogens is 443 g/mol. The molecule has 0 amide bonds. The SMILES string of the molecule is CS(=O)(=O)N1c2c(F)cc3[nH]ncc3c2[C@H]2C3CCC(C3)[C@H]2[C@@H]1c1ccc2[nH]nc(N)c2c1. The maximum atomic E-state index is 15.7. The van der Waals surface area contributed by atoms with Crippen molar-refractivity contribution in [2.24, 2.45) is 17.8 Å². The van der Waals surface area contributed by atoms with Crippen LogP contribution >= 0.6 is 0 Å². The lowest BCUT2D eigenvalue weighted by Gasteiger charge is -2.48. The lowest BCUT2D eigenvalue weighted by molar-refractivity contribution is 0.237. The van der Waals surface area contributed by atoms with E-state index in [2.05, 4.69) is 20.4 Å². The van der Waals surface area contributed by atoms with E-state index >= 15 is 4.39 Å². The van der Waals surface area contributed by atoms with Crippen LogP contribution in [0, 0.1) is 23.6 Å². The number of nitrogens with two attached hydrogens (primary N) is 1. The van der Waals surface area contributed by atoms with Gasteiger partial charge in [-0.25, -0.2) is 12.8 Å². The van der Waals surface area contributed by atoms with Gasteiger partial charge in [-0.3, -0.25) is 14.5 Å². The lowest BCUT2D eigenvalue weighted by atomic mass is 9.67. The molecule has 10 heteroatoms. The number of nitrogens with zero attached hydrogens (tertiary/aromatic N) is 3. The van der Waals surface area contributed by atoms with Crippen LogP contribution in [0.4, 0.5) is 15.9 Å². The third kappa shape index (κ3) is 2.47. The number of sulfonamides is 1. The van der Waals surface area contributed by atoms with Crippen LogP contribution < -0.4 is 10.0 Å². The number of nitrogen functional groups attached to an aromatic ring is 1. The number of aromatic amines is 2. The minimum Gasteiger partial charge on any atom is -0.382 e. The van der Waals surface area contributed by atoms with Gasteiger partial charge < -0.3 is 5.73 Å². The number of benzene rings is 2. The second-order valence-electron chi connectivity index (χ2n) is 9.81. The van der Waals surface area contributed by atoms with E-state index in [0.29, 0.717) is 23.2 Å². The molecule has 3 heterocycles. The van der Waals surface area contributed by atoms with Crippen LogP contribution in [0.15, 0.2) is 30.5 Å². The van der Waals surface area contributed by atoms with Crippen molar-refractivity contribution < 1.29 is 12.8 Å². The van der Waals surface area contributed by atoms with Gasteiger partial charge in [-0.1, -0.05) is 6.07 Å². The zero-order chi connectivity index (χ0) is 22.6. The Labute approximate surface area is 189 Å². The van der Waals surface area contributed by atoms with E-state index in [1.54, 1.807) is 6.20 Å².